The smallest absolute Gasteiger partial charge is 0.408 e. The molecule has 462 valence electrons. The van der Waals surface area contributed by atoms with Crippen LogP contribution in [0.25, 0.3) is 0 Å². The van der Waals surface area contributed by atoms with Gasteiger partial charge in [-0.1, -0.05) is 103 Å². The van der Waals surface area contributed by atoms with Crippen LogP contribution in [-0.4, -0.2) is 194 Å². The summed E-state index contributed by atoms with van der Waals surface area (Å²) < 4.78 is 34.0. The third-order valence-corrected chi connectivity index (χ3v) is 12.0. The zero-order chi connectivity index (χ0) is 61.0. The molecule has 0 bridgehead atoms. The fraction of sp³-hybridized carbons (Fsp3) is 0.603. The first-order chi connectivity index (χ1) is 39.2. The Morgan fingerprint density at radius 1 is 0.639 bits per heavy atom. The third-order valence-electron chi connectivity index (χ3n) is 12.0. The van der Waals surface area contributed by atoms with E-state index in [1.165, 1.54) is 0 Å². The number of halogens is 1. The minimum atomic E-state index is -1.09. The summed E-state index contributed by atoms with van der Waals surface area (Å²) in [6, 6.07) is 26.8. The largest absolute Gasteiger partial charge is 0.480 e. The van der Waals surface area contributed by atoms with Gasteiger partial charge in [0.25, 0.3) is 0 Å². The normalized spacial score (nSPS) is 15.6. The number of carboxylic acids is 1. The van der Waals surface area contributed by atoms with Gasteiger partial charge in [-0.05, 0) is 109 Å². The van der Waals surface area contributed by atoms with Crippen molar-refractivity contribution >= 4 is 49.9 Å². The molecule has 83 heavy (non-hydrogen) atoms. The molecule has 0 aliphatic carbocycles. The number of alkyl carbamates (subject to hydrolysis) is 2. The predicted octanol–water partition coefficient (Wildman–Crippen LogP) is 7.05. The van der Waals surface area contributed by atoms with E-state index < -0.39 is 41.4 Å². The summed E-state index contributed by atoms with van der Waals surface area (Å²) in [7, 11) is 3.75. The summed E-state index contributed by atoms with van der Waals surface area (Å²) in [5.41, 5.74) is 19.0. The van der Waals surface area contributed by atoms with E-state index in [0.29, 0.717) is 25.7 Å². The van der Waals surface area contributed by atoms with Crippen molar-refractivity contribution in [1.82, 2.24) is 25.3 Å². The van der Waals surface area contributed by atoms with Crippen LogP contribution >= 0.6 is 11.8 Å². The van der Waals surface area contributed by atoms with Crippen molar-refractivity contribution < 1.29 is 83.9 Å². The number of hydrogen-bond donors (Lipinski definition) is 6. The number of nitrogens with zero attached hydrogens (tertiary/aromatic N) is 6. The maximum Gasteiger partial charge on any atom is 0.408 e. The van der Waals surface area contributed by atoms with Gasteiger partial charge < -0.3 is 50.9 Å². The van der Waals surface area contributed by atoms with E-state index in [0.717, 1.165) is 135 Å². The third kappa shape index (κ3) is 41.9. The molecule has 8 N–H and O–H groups in total. The van der Waals surface area contributed by atoms with Crippen LogP contribution in [0.3, 0.4) is 0 Å². The summed E-state index contributed by atoms with van der Waals surface area (Å²) in [6.07, 6.45) is 2.72. The Morgan fingerprint density at radius 3 is 1.30 bits per heavy atom. The molecule has 3 aliphatic heterocycles. The van der Waals surface area contributed by atoms with Gasteiger partial charge in [0.15, 0.2) is 5.78 Å². The quantitative estimate of drug-likeness (QED) is 0.0334. The van der Waals surface area contributed by atoms with Crippen LogP contribution in [0, 0.1) is 36.6 Å². The molecule has 25 heteroatoms. The van der Waals surface area contributed by atoms with Gasteiger partial charge in [-0.2, -0.15) is 5.53 Å². The van der Waals surface area contributed by atoms with Crippen LogP contribution in [0.5, 0.6) is 0 Å². The molecule has 3 aliphatic rings. The zero-order valence-electron chi connectivity index (χ0n) is 50.0. The average molecular weight is 1410 g/mol. The van der Waals surface area contributed by atoms with Crippen molar-refractivity contribution in [2.24, 2.45) is 26.5 Å². The Labute approximate surface area is 525 Å². The summed E-state index contributed by atoms with van der Waals surface area (Å²) in [4.78, 5) is 66.7. The molecule has 3 heterocycles. The van der Waals surface area contributed by atoms with Crippen LogP contribution in [0.15, 0.2) is 106 Å². The molecule has 0 saturated carbocycles. The van der Waals surface area contributed by atoms with E-state index in [1.54, 1.807) is 20.8 Å². The minimum absolute atomic E-state index is 0. The van der Waals surface area contributed by atoms with Crippen molar-refractivity contribution in [3.63, 3.8) is 0 Å². The molecular formula is C58H95BClN11O11U. The van der Waals surface area contributed by atoms with Crippen LogP contribution in [-0.2, 0) is 57.3 Å². The molecule has 2 radical (unpaired) electrons. The van der Waals surface area contributed by atoms with E-state index in [9.17, 15) is 24.0 Å². The number of ether oxygens (including phenoxy) is 5. The van der Waals surface area contributed by atoms with Gasteiger partial charge in [-0.15, -0.1) is 0 Å². The van der Waals surface area contributed by atoms with Gasteiger partial charge in [0.1, 0.15) is 23.0 Å². The average Bonchev–Trinajstić information content (AvgIpc) is 3.45. The van der Waals surface area contributed by atoms with Crippen molar-refractivity contribution in [3.05, 3.63) is 108 Å². The van der Waals surface area contributed by atoms with Gasteiger partial charge in [-0.3, -0.25) is 24.3 Å². The molecule has 0 aromatic heterocycles. The van der Waals surface area contributed by atoms with Gasteiger partial charge in [0.2, 0.25) is 0 Å². The van der Waals surface area contributed by atoms with Gasteiger partial charge >= 0.3 is 18.2 Å². The molecule has 22 nitrogen and oxygen atoms in total. The van der Waals surface area contributed by atoms with Crippen LogP contribution in [0.1, 0.15) is 91.3 Å². The number of carboxylic acid groups (broad SMARTS) is 1. The molecular weight excluding hydrogens is 1310 g/mol. The van der Waals surface area contributed by atoms with Gasteiger partial charge in [-0.25, -0.2) is 14.4 Å². The number of benzene rings is 3. The van der Waals surface area contributed by atoms with Crippen LogP contribution in [0.2, 0.25) is 0 Å². The number of amides is 2. The summed E-state index contributed by atoms with van der Waals surface area (Å²) in [5.74, 6) is -0.880. The molecule has 3 aromatic carbocycles. The number of hydrogen-bond acceptors (Lipinski definition) is 17. The number of rotatable bonds is 22. The second kappa shape index (κ2) is 47.5. The molecule has 3 fully saturated rings. The fourth-order valence-corrected chi connectivity index (χ4v) is 8.05. The standard InChI is InChI=1S/C21H32N2O4.C16H24N2O2.C14H19NO4.C6H14N2O.CH4.BH.ClHN4.U/c1-21(2,3)27-20(25)22-18(16-17-8-5-4-6-9-17)19(24)10-7-11-23-12-14-26-15-13-23;17-15(13-14-5-2-1-3-6-14)16(19)7-4-8-18-9-11-20-12-10-18;1-14(2,3)19-13(18)15-11(12(16)17)9-10-7-5-4-6-8-10;7-1-2-8-3-5-9-6-4-8;;;1-3-5-4-2;/h4-6,8-9,18H,7,10-16H2,1-3H3,(H,22,25);1-3,5-6,15H,4,7-13,17H2;4-8,11H,9H2,1-3H3,(H,15,18)(H,16,17);1-7H2;1H4;1H;2H;/t18-;15-;;;;;;/m00....../s1/i;;;;;1T;;. The number of Topliss-reactive ketones (excluding diaryl/α,β-unsaturated/α-hetero) is 2. The molecule has 0 spiro atoms. The molecule has 1 unspecified atom stereocenters. The number of nitrogens with two attached hydrogens (primary N) is 2. The molecule has 6 rings (SSSR count). The SMILES string of the molecule is C.CC(C)(C)OC(=O)NC(Cc1ccccc1)C(=O)O.CC(C)(C)OC(=O)N[C@@H](Cc1ccccc1)C(=O)CCCN1CCOCC1.N=NN=NCl.NCCN1CCOCC1.N[C@@H](Cc1ccccc1)C(=O)CCCN1CCOCC1.[3H][B].[U]. The van der Waals surface area contributed by atoms with E-state index in [1.807, 2.05) is 112 Å². The minimum Gasteiger partial charge on any atom is -0.480 e. The first-order valence-corrected chi connectivity index (χ1v) is 27.7. The molecule has 2 amide bonds. The number of morpholine rings is 3. The second-order valence-corrected chi connectivity index (χ2v) is 21.1. The first kappa shape index (κ1) is 78.3. The number of carbonyl (C=O) groups is 5. The Kier molecular flexibility index (Phi) is 44.8. The topological polar surface area (TPSA) is 298 Å². The zero-order valence-corrected chi connectivity index (χ0v) is 53.9. The Bertz CT molecular complexity index is 2210. The van der Waals surface area contributed by atoms with E-state index in [2.05, 4.69) is 60.6 Å². The maximum atomic E-state index is 12.8. The molecule has 3 saturated heterocycles. The number of carbonyl (C=O) groups excluding carboxylic acids is 4. The summed E-state index contributed by atoms with van der Waals surface area (Å²) in [5, 5.41) is 19.3. The summed E-state index contributed by atoms with van der Waals surface area (Å²) in [6.45, 7) is 25.0. The fourth-order valence-electron chi connectivity index (χ4n) is 8.01. The Hall–Kier alpha value is -4.70. The Balaban J connectivity index is 0. The number of ketones is 2. The predicted molar refractivity (Wildman–Crippen MR) is 321 cm³/mol. The number of nitrogens with one attached hydrogen (secondary N) is 3. The van der Waals surface area contributed by atoms with Crippen molar-refractivity contribution in [2.45, 2.75) is 123 Å². The van der Waals surface area contributed by atoms with Gasteiger partial charge in [0.05, 0.1) is 63.5 Å². The van der Waals surface area contributed by atoms with Crippen molar-refractivity contribution in [3.8, 4) is 0 Å². The van der Waals surface area contributed by atoms with Crippen LogP contribution < -0.4 is 22.1 Å². The van der Waals surface area contributed by atoms with Crippen molar-refractivity contribution in [1.29, 1.82) is 6.87 Å². The van der Waals surface area contributed by atoms with Crippen molar-refractivity contribution in [2.75, 3.05) is 105 Å². The second-order valence-electron chi connectivity index (χ2n) is 21.0. The first-order valence-electron chi connectivity index (χ1n) is 27.9. The molecule has 3 atom stereocenters. The van der Waals surface area contributed by atoms with Gasteiger partial charge in [0, 0.05) is 111 Å². The van der Waals surface area contributed by atoms with E-state index >= 15 is 0 Å². The Morgan fingerprint density at radius 2 is 0.976 bits per heavy atom. The van der Waals surface area contributed by atoms with E-state index in [-0.39, 0.29) is 62.6 Å². The van der Waals surface area contributed by atoms with E-state index in [4.69, 9.17) is 47.1 Å². The van der Waals surface area contributed by atoms with Crippen LogP contribution in [0.4, 0.5) is 9.59 Å². The number of aliphatic carboxylic acids is 1. The summed E-state index contributed by atoms with van der Waals surface area (Å²) >= 11 is 4.55. The molecule has 3 aromatic rings. The maximum absolute atomic E-state index is 12.8. The monoisotopic (exact) mass is 1410 g/mol.